The van der Waals surface area contributed by atoms with Crippen molar-refractivity contribution in [3.8, 4) is 0 Å². The number of ether oxygens (including phenoxy) is 1. The van der Waals surface area contributed by atoms with Gasteiger partial charge in [0.25, 0.3) is 0 Å². The average molecular weight is 162 g/mol. The summed E-state index contributed by atoms with van der Waals surface area (Å²) in [6.45, 7) is 0. The lowest BCUT2D eigenvalue weighted by Gasteiger charge is -2.03. The first kappa shape index (κ1) is 8.53. The van der Waals surface area contributed by atoms with Crippen molar-refractivity contribution < 1.29 is 9.53 Å². The van der Waals surface area contributed by atoms with Crippen molar-refractivity contribution in [1.29, 1.82) is 0 Å². The minimum atomic E-state index is 0.589. The van der Waals surface area contributed by atoms with Crippen molar-refractivity contribution in [1.82, 2.24) is 0 Å². The van der Waals surface area contributed by atoms with Gasteiger partial charge in [-0.2, -0.15) is 0 Å². The molecule has 0 aromatic heterocycles. The van der Waals surface area contributed by atoms with Crippen molar-refractivity contribution in [2.75, 3.05) is 7.11 Å². The van der Waals surface area contributed by atoms with Gasteiger partial charge in [0.1, 0.15) is 12.0 Å². The minimum absolute atomic E-state index is 0.589. The van der Waals surface area contributed by atoms with Gasteiger partial charge in [0.15, 0.2) is 0 Å². The Hall–Kier alpha value is -1.57. The van der Waals surface area contributed by atoms with Crippen molar-refractivity contribution in [2.24, 2.45) is 0 Å². The third-order valence-electron chi connectivity index (χ3n) is 1.50. The molecule has 0 amide bonds. The Bertz CT molecular complexity index is 275. The van der Waals surface area contributed by atoms with Gasteiger partial charge in [-0.15, -0.1) is 0 Å². The predicted molar refractivity (Wildman–Crippen MR) is 47.5 cm³/mol. The predicted octanol–water partition coefficient (Wildman–Crippen LogP) is 1.87. The summed E-state index contributed by atoms with van der Waals surface area (Å²) in [4.78, 5) is 10.2. The number of carbonyl (C=O) groups excluding carboxylic acids is 1. The van der Waals surface area contributed by atoms with Gasteiger partial charge >= 0.3 is 0 Å². The van der Waals surface area contributed by atoms with Crippen LogP contribution in [0.15, 0.2) is 36.4 Å². The van der Waals surface area contributed by atoms with Crippen LogP contribution in [0, 0.1) is 0 Å². The van der Waals surface area contributed by atoms with Crippen LogP contribution < -0.4 is 0 Å². The van der Waals surface area contributed by atoms with E-state index < -0.39 is 0 Å². The number of hydrogen-bond acceptors (Lipinski definition) is 2. The van der Waals surface area contributed by atoms with Crippen LogP contribution in [0.2, 0.25) is 0 Å². The minimum Gasteiger partial charge on any atom is -0.496 e. The number of carbonyl (C=O) groups is 1. The second kappa shape index (κ2) is 4.34. The zero-order valence-electron chi connectivity index (χ0n) is 6.86. The van der Waals surface area contributed by atoms with E-state index in [1.165, 1.54) is 6.08 Å². The molecule has 1 rings (SSSR count). The quantitative estimate of drug-likeness (QED) is 0.385. The van der Waals surface area contributed by atoms with Crippen LogP contribution in [0.1, 0.15) is 5.56 Å². The van der Waals surface area contributed by atoms with Crippen molar-refractivity contribution in [3.63, 3.8) is 0 Å². The third-order valence-corrected chi connectivity index (χ3v) is 1.50. The molecular weight excluding hydrogens is 152 g/mol. The smallest absolute Gasteiger partial charge is 0.146 e. The van der Waals surface area contributed by atoms with Gasteiger partial charge in [-0.3, -0.25) is 4.79 Å². The second-order valence-corrected chi connectivity index (χ2v) is 2.24. The van der Waals surface area contributed by atoms with Gasteiger partial charge in [-0.05, 0) is 0 Å². The number of aldehydes is 1. The van der Waals surface area contributed by atoms with Crippen LogP contribution in [0.25, 0.3) is 5.76 Å². The fourth-order valence-electron chi connectivity index (χ4n) is 0.946. The number of methoxy groups -OCH3 is 1. The van der Waals surface area contributed by atoms with E-state index in [1.807, 2.05) is 30.3 Å². The summed E-state index contributed by atoms with van der Waals surface area (Å²) in [6.07, 6.45) is 2.11. The molecule has 0 heterocycles. The van der Waals surface area contributed by atoms with Crippen molar-refractivity contribution >= 4 is 12.0 Å². The maximum Gasteiger partial charge on any atom is 0.146 e. The summed E-state index contributed by atoms with van der Waals surface area (Å²) >= 11 is 0. The van der Waals surface area contributed by atoms with E-state index in [2.05, 4.69) is 0 Å². The van der Waals surface area contributed by atoms with E-state index >= 15 is 0 Å². The van der Waals surface area contributed by atoms with E-state index in [-0.39, 0.29) is 0 Å². The lowest BCUT2D eigenvalue weighted by Crippen LogP contribution is -1.86. The SMILES string of the molecule is COC(=CC=O)c1ccccc1. The Kier molecular flexibility index (Phi) is 3.08. The highest BCUT2D eigenvalue weighted by Gasteiger charge is 1.97. The average Bonchev–Trinajstić information content (AvgIpc) is 2.15. The Balaban J connectivity index is 2.95. The second-order valence-electron chi connectivity index (χ2n) is 2.24. The zero-order valence-corrected chi connectivity index (χ0v) is 6.86. The molecule has 12 heavy (non-hydrogen) atoms. The maximum atomic E-state index is 10.2. The van der Waals surface area contributed by atoms with E-state index in [4.69, 9.17) is 4.74 Å². The topological polar surface area (TPSA) is 26.3 Å². The Morgan fingerprint density at radius 2 is 2.00 bits per heavy atom. The van der Waals surface area contributed by atoms with Crippen LogP contribution in [0.5, 0.6) is 0 Å². The molecule has 0 saturated carbocycles. The number of benzene rings is 1. The molecule has 0 saturated heterocycles. The molecule has 0 bridgehead atoms. The highest BCUT2D eigenvalue weighted by molar-refractivity contribution is 5.78. The lowest BCUT2D eigenvalue weighted by atomic mass is 10.2. The Labute approximate surface area is 71.5 Å². The summed E-state index contributed by atoms with van der Waals surface area (Å²) < 4.78 is 5.01. The first-order valence-electron chi connectivity index (χ1n) is 3.63. The number of allylic oxidation sites excluding steroid dienone is 1. The molecule has 0 aliphatic carbocycles. The molecule has 62 valence electrons. The van der Waals surface area contributed by atoms with E-state index in [0.29, 0.717) is 12.0 Å². The molecule has 1 aromatic carbocycles. The summed E-state index contributed by atoms with van der Waals surface area (Å²) in [6, 6.07) is 9.48. The highest BCUT2D eigenvalue weighted by atomic mass is 16.5. The molecule has 0 atom stereocenters. The van der Waals surface area contributed by atoms with Gasteiger partial charge in [-0.1, -0.05) is 30.3 Å². The first-order valence-corrected chi connectivity index (χ1v) is 3.63. The molecule has 0 spiro atoms. The normalized spacial score (nSPS) is 10.9. The zero-order chi connectivity index (χ0) is 8.81. The van der Waals surface area contributed by atoms with E-state index in [1.54, 1.807) is 7.11 Å². The first-order chi connectivity index (χ1) is 5.88. The molecule has 0 aliphatic rings. The van der Waals surface area contributed by atoms with Crippen molar-refractivity contribution in [3.05, 3.63) is 42.0 Å². The van der Waals surface area contributed by atoms with Gasteiger partial charge in [-0.25, -0.2) is 0 Å². The standard InChI is InChI=1S/C10H10O2/c1-12-10(7-8-11)9-5-3-2-4-6-9/h2-8H,1H3. The molecule has 0 N–H and O–H groups in total. The largest absolute Gasteiger partial charge is 0.496 e. The molecule has 2 nitrogen and oxygen atoms in total. The van der Waals surface area contributed by atoms with Crippen LogP contribution in [-0.2, 0) is 9.53 Å². The van der Waals surface area contributed by atoms with E-state index in [0.717, 1.165) is 5.56 Å². The maximum absolute atomic E-state index is 10.2. The van der Waals surface area contributed by atoms with Crippen molar-refractivity contribution in [2.45, 2.75) is 0 Å². The summed E-state index contributed by atoms with van der Waals surface area (Å²) in [5.41, 5.74) is 0.909. The number of rotatable bonds is 3. The highest BCUT2D eigenvalue weighted by Crippen LogP contribution is 2.12. The van der Waals surface area contributed by atoms with Gasteiger partial charge in [0, 0.05) is 11.6 Å². The number of hydrogen-bond donors (Lipinski definition) is 0. The third kappa shape index (κ3) is 1.95. The summed E-state index contributed by atoms with van der Waals surface area (Å²) in [5.74, 6) is 0.589. The molecule has 0 unspecified atom stereocenters. The summed E-state index contributed by atoms with van der Waals surface area (Å²) in [7, 11) is 1.54. The summed E-state index contributed by atoms with van der Waals surface area (Å²) in [5, 5.41) is 0. The van der Waals surface area contributed by atoms with Crippen LogP contribution in [0.3, 0.4) is 0 Å². The molecule has 2 heteroatoms. The molecule has 1 aromatic rings. The lowest BCUT2D eigenvalue weighted by molar-refractivity contribution is -0.104. The van der Waals surface area contributed by atoms with Gasteiger partial charge < -0.3 is 4.74 Å². The Morgan fingerprint density at radius 1 is 1.33 bits per heavy atom. The fourth-order valence-corrected chi connectivity index (χ4v) is 0.946. The van der Waals surface area contributed by atoms with Gasteiger partial charge in [0.05, 0.1) is 7.11 Å². The molecule has 0 aliphatic heterocycles. The molecule has 0 radical (unpaired) electrons. The van der Waals surface area contributed by atoms with Crippen LogP contribution in [-0.4, -0.2) is 13.4 Å². The molecular formula is C10H10O2. The molecule has 0 fully saturated rings. The van der Waals surface area contributed by atoms with Crippen LogP contribution in [0.4, 0.5) is 0 Å². The monoisotopic (exact) mass is 162 g/mol. The van der Waals surface area contributed by atoms with Gasteiger partial charge in [0.2, 0.25) is 0 Å². The Morgan fingerprint density at radius 3 is 2.50 bits per heavy atom. The fraction of sp³-hybridized carbons (Fsp3) is 0.100. The van der Waals surface area contributed by atoms with Crippen LogP contribution >= 0.6 is 0 Å². The van der Waals surface area contributed by atoms with E-state index in [9.17, 15) is 4.79 Å².